The van der Waals surface area contributed by atoms with Crippen molar-refractivity contribution in [1.82, 2.24) is 0 Å². The van der Waals surface area contributed by atoms with Crippen LogP contribution in [0.5, 0.6) is 0 Å². The normalized spacial score (nSPS) is 13.7. The second kappa shape index (κ2) is 6.33. The van der Waals surface area contributed by atoms with E-state index >= 15 is 0 Å². The topological polar surface area (TPSA) is 50.4 Å². The molecule has 0 bridgehead atoms. The maximum Gasteiger partial charge on any atom is 0.416 e. The minimum Gasteiger partial charge on any atom is -0.480 e. The standard InChI is InChI=1S/C18H10F6O3/c19-17(20,21)11-5-10(6-12(8-11)18(22,23)24)15(16(25)26)14-7-9-3-1-2-4-13(9)27-14/h1-8,15H,(H,25,26). The lowest BCUT2D eigenvalue weighted by molar-refractivity contribution is -0.144. The third-order valence-corrected chi connectivity index (χ3v) is 3.92. The summed E-state index contributed by atoms with van der Waals surface area (Å²) in [5.41, 5.74) is -3.59. The molecule has 0 fully saturated rings. The molecule has 0 aliphatic rings. The van der Waals surface area contributed by atoms with E-state index in [2.05, 4.69) is 0 Å². The van der Waals surface area contributed by atoms with Crippen LogP contribution in [0.4, 0.5) is 26.3 Å². The number of aliphatic carboxylic acids is 1. The van der Waals surface area contributed by atoms with E-state index in [1.807, 2.05) is 0 Å². The van der Waals surface area contributed by atoms with Crippen molar-refractivity contribution in [1.29, 1.82) is 0 Å². The van der Waals surface area contributed by atoms with Gasteiger partial charge in [0.15, 0.2) is 0 Å². The van der Waals surface area contributed by atoms with Crippen LogP contribution in [-0.4, -0.2) is 11.1 Å². The smallest absolute Gasteiger partial charge is 0.416 e. The lowest BCUT2D eigenvalue weighted by Crippen LogP contribution is -2.17. The first kappa shape index (κ1) is 18.8. The van der Waals surface area contributed by atoms with Crippen molar-refractivity contribution in [3.05, 3.63) is 71.0 Å². The second-order valence-electron chi connectivity index (χ2n) is 5.80. The zero-order valence-electron chi connectivity index (χ0n) is 13.2. The summed E-state index contributed by atoms with van der Waals surface area (Å²) in [7, 11) is 0. The number of rotatable bonds is 3. The van der Waals surface area contributed by atoms with Crippen LogP contribution >= 0.6 is 0 Å². The number of carboxylic acids is 1. The zero-order chi connectivity index (χ0) is 20.0. The van der Waals surface area contributed by atoms with Gasteiger partial charge in [-0.15, -0.1) is 0 Å². The molecule has 0 saturated heterocycles. The van der Waals surface area contributed by atoms with Crippen LogP contribution in [0, 0.1) is 0 Å². The fourth-order valence-electron chi connectivity index (χ4n) is 2.72. The predicted octanol–water partition coefficient (Wildman–Crippen LogP) is 5.69. The van der Waals surface area contributed by atoms with Gasteiger partial charge in [-0.05, 0) is 35.9 Å². The molecule has 3 nitrogen and oxygen atoms in total. The molecule has 27 heavy (non-hydrogen) atoms. The summed E-state index contributed by atoms with van der Waals surface area (Å²) in [4.78, 5) is 11.7. The van der Waals surface area contributed by atoms with Crippen molar-refractivity contribution in [3.8, 4) is 0 Å². The molecule has 0 aliphatic heterocycles. The Morgan fingerprint density at radius 1 is 0.889 bits per heavy atom. The molecule has 142 valence electrons. The molecule has 1 heterocycles. The van der Waals surface area contributed by atoms with Gasteiger partial charge < -0.3 is 9.52 Å². The highest BCUT2D eigenvalue weighted by atomic mass is 19.4. The van der Waals surface area contributed by atoms with Gasteiger partial charge in [-0.1, -0.05) is 18.2 Å². The van der Waals surface area contributed by atoms with E-state index in [0.717, 1.165) is 0 Å². The maximum absolute atomic E-state index is 13.0. The fraction of sp³-hybridized carbons (Fsp3) is 0.167. The van der Waals surface area contributed by atoms with E-state index in [0.29, 0.717) is 17.5 Å². The van der Waals surface area contributed by atoms with E-state index in [1.165, 1.54) is 12.1 Å². The van der Waals surface area contributed by atoms with Gasteiger partial charge in [0.25, 0.3) is 0 Å². The summed E-state index contributed by atoms with van der Waals surface area (Å²) in [5.74, 6) is -3.74. The lowest BCUT2D eigenvalue weighted by Gasteiger charge is -2.17. The molecule has 3 rings (SSSR count). The quantitative estimate of drug-likeness (QED) is 0.587. The summed E-state index contributed by atoms with van der Waals surface area (Å²) >= 11 is 0. The third kappa shape index (κ3) is 3.76. The molecule has 0 spiro atoms. The molecule has 1 aromatic heterocycles. The molecule has 2 aromatic carbocycles. The number of furan rings is 1. The number of hydrogen-bond acceptors (Lipinski definition) is 2. The van der Waals surface area contributed by atoms with E-state index in [1.54, 1.807) is 18.2 Å². The van der Waals surface area contributed by atoms with Gasteiger partial charge in [0.2, 0.25) is 0 Å². The Kier molecular flexibility index (Phi) is 4.41. The number of alkyl halides is 6. The monoisotopic (exact) mass is 388 g/mol. The van der Waals surface area contributed by atoms with Gasteiger partial charge in [-0.3, -0.25) is 4.79 Å². The Bertz CT molecular complexity index is 935. The van der Waals surface area contributed by atoms with E-state index in [9.17, 15) is 36.2 Å². The van der Waals surface area contributed by atoms with Crippen molar-refractivity contribution in [2.45, 2.75) is 18.3 Å². The molecule has 0 aliphatic carbocycles. The lowest BCUT2D eigenvalue weighted by atomic mass is 9.92. The molecule has 1 atom stereocenters. The van der Waals surface area contributed by atoms with Gasteiger partial charge in [-0.25, -0.2) is 0 Å². The zero-order valence-corrected chi connectivity index (χ0v) is 13.2. The number of carbonyl (C=O) groups is 1. The number of halogens is 6. The minimum atomic E-state index is -5.08. The van der Waals surface area contributed by atoms with Crippen molar-refractivity contribution < 1.29 is 40.7 Å². The second-order valence-corrected chi connectivity index (χ2v) is 5.80. The largest absolute Gasteiger partial charge is 0.480 e. The predicted molar refractivity (Wildman–Crippen MR) is 82.1 cm³/mol. The van der Waals surface area contributed by atoms with Gasteiger partial charge in [-0.2, -0.15) is 26.3 Å². The summed E-state index contributed by atoms with van der Waals surface area (Å²) in [6.45, 7) is 0. The van der Waals surface area contributed by atoms with E-state index in [4.69, 9.17) is 4.42 Å². The average Bonchev–Trinajstić information content (AvgIpc) is 2.96. The van der Waals surface area contributed by atoms with Gasteiger partial charge >= 0.3 is 18.3 Å². The van der Waals surface area contributed by atoms with Crippen LogP contribution in [0.2, 0.25) is 0 Å². The van der Waals surface area contributed by atoms with E-state index < -0.39 is 40.9 Å². The minimum absolute atomic E-state index is 0.0545. The van der Waals surface area contributed by atoms with Gasteiger partial charge in [0, 0.05) is 5.39 Å². The molecule has 0 amide bonds. The highest BCUT2D eigenvalue weighted by Gasteiger charge is 2.39. The highest BCUT2D eigenvalue weighted by Crippen LogP contribution is 2.39. The number of carboxylic acid groups (broad SMARTS) is 1. The average molecular weight is 388 g/mol. The van der Waals surface area contributed by atoms with Crippen LogP contribution in [0.15, 0.2) is 52.9 Å². The number of para-hydroxylation sites is 1. The molecule has 0 saturated carbocycles. The van der Waals surface area contributed by atoms with Crippen LogP contribution in [0.25, 0.3) is 11.0 Å². The fourth-order valence-corrected chi connectivity index (χ4v) is 2.72. The maximum atomic E-state index is 13.0. The van der Waals surface area contributed by atoms with Crippen LogP contribution in [0.3, 0.4) is 0 Å². The van der Waals surface area contributed by atoms with Crippen molar-refractivity contribution in [2.75, 3.05) is 0 Å². The summed E-state index contributed by atoms with van der Waals surface area (Å²) in [6.07, 6.45) is -10.2. The summed E-state index contributed by atoms with van der Waals surface area (Å²) in [6, 6.07) is 8.31. The highest BCUT2D eigenvalue weighted by molar-refractivity contribution is 5.84. The first-order chi connectivity index (χ1) is 12.5. The molecule has 3 aromatic rings. The molecule has 0 radical (unpaired) electrons. The van der Waals surface area contributed by atoms with Crippen LogP contribution in [0.1, 0.15) is 28.4 Å². The Morgan fingerprint density at radius 3 is 1.93 bits per heavy atom. The Hall–Kier alpha value is -2.97. The molecule has 9 heteroatoms. The number of benzene rings is 2. The van der Waals surface area contributed by atoms with E-state index in [-0.39, 0.29) is 17.4 Å². The SMILES string of the molecule is O=C(O)C(c1cc(C(F)(F)F)cc(C(F)(F)F)c1)c1cc2ccccc2o1. The molecule has 1 N–H and O–H groups in total. The van der Waals surface area contributed by atoms with Crippen molar-refractivity contribution in [2.24, 2.45) is 0 Å². The Labute approximate surface area is 147 Å². The van der Waals surface area contributed by atoms with Crippen LogP contribution < -0.4 is 0 Å². The molecular formula is C18H10F6O3. The Morgan fingerprint density at radius 2 is 1.44 bits per heavy atom. The summed E-state index contributed by atoms with van der Waals surface area (Å²) in [5, 5.41) is 9.94. The number of hydrogen-bond donors (Lipinski definition) is 1. The van der Waals surface area contributed by atoms with Crippen molar-refractivity contribution in [3.63, 3.8) is 0 Å². The molecule has 1 unspecified atom stereocenters. The first-order valence-corrected chi connectivity index (χ1v) is 7.47. The molecular weight excluding hydrogens is 378 g/mol. The Balaban J connectivity index is 2.22. The van der Waals surface area contributed by atoms with Crippen LogP contribution in [-0.2, 0) is 17.1 Å². The number of fused-ring (bicyclic) bond motifs is 1. The van der Waals surface area contributed by atoms with Crippen molar-refractivity contribution >= 4 is 16.9 Å². The van der Waals surface area contributed by atoms with Gasteiger partial charge in [0.05, 0.1) is 11.1 Å². The first-order valence-electron chi connectivity index (χ1n) is 7.47. The summed E-state index contributed by atoms with van der Waals surface area (Å²) < 4.78 is 83.5. The third-order valence-electron chi connectivity index (χ3n) is 3.92. The van der Waals surface area contributed by atoms with Gasteiger partial charge in [0.1, 0.15) is 17.3 Å².